The molecule has 19 heavy (non-hydrogen) atoms. The summed E-state index contributed by atoms with van der Waals surface area (Å²) >= 11 is 1.62. The second-order valence-corrected chi connectivity index (χ2v) is 6.80. The average molecular weight is 275 g/mol. The van der Waals surface area contributed by atoms with E-state index in [-0.39, 0.29) is 0 Å². The minimum absolute atomic E-state index is 0.595. The highest BCUT2D eigenvalue weighted by Crippen LogP contribution is 2.42. The van der Waals surface area contributed by atoms with Crippen LogP contribution >= 0.6 is 11.3 Å². The maximum atomic E-state index is 9.17. The standard InChI is InChI=1S/C15H21N3S/c16-11-13-15(12-5-6-12)17-14(19-13)7-10-18-8-3-1-2-4-9-18/h12H,1-10H2. The van der Waals surface area contributed by atoms with E-state index in [1.807, 2.05) is 0 Å². The van der Waals surface area contributed by atoms with Crippen molar-refractivity contribution < 1.29 is 0 Å². The average Bonchev–Trinajstić information content (AvgIpc) is 3.22. The molecule has 2 heterocycles. The number of hydrogen-bond acceptors (Lipinski definition) is 4. The molecular formula is C15H21N3S. The van der Waals surface area contributed by atoms with Crippen LogP contribution < -0.4 is 0 Å². The van der Waals surface area contributed by atoms with Gasteiger partial charge in [0.1, 0.15) is 10.9 Å². The summed E-state index contributed by atoms with van der Waals surface area (Å²) in [5.74, 6) is 0.595. The van der Waals surface area contributed by atoms with E-state index in [4.69, 9.17) is 4.98 Å². The zero-order valence-corrected chi connectivity index (χ0v) is 12.2. The highest BCUT2D eigenvalue weighted by molar-refractivity contribution is 7.12. The molecule has 1 aromatic rings. The van der Waals surface area contributed by atoms with E-state index in [0.29, 0.717) is 5.92 Å². The van der Waals surface area contributed by atoms with Crippen LogP contribution in [0.4, 0.5) is 0 Å². The van der Waals surface area contributed by atoms with Crippen LogP contribution in [0.3, 0.4) is 0 Å². The lowest BCUT2D eigenvalue weighted by atomic mass is 10.2. The van der Waals surface area contributed by atoms with Crippen LogP contribution in [0.25, 0.3) is 0 Å². The molecule has 0 radical (unpaired) electrons. The summed E-state index contributed by atoms with van der Waals surface area (Å²) < 4.78 is 0. The van der Waals surface area contributed by atoms with Crippen molar-refractivity contribution in [1.29, 1.82) is 5.26 Å². The Hall–Kier alpha value is -0.920. The fourth-order valence-electron chi connectivity index (χ4n) is 2.81. The summed E-state index contributed by atoms with van der Waals surface area (Å²) in [5, 5.41) is 10.3. The van der Waals surface area contributed by atoms with Crippen LogP contribution in [0.1, 0.15) is 60.0 Å². The van der Waals surface area contributed by atoms with Gasteiger partial charge in [-0.05, 0) is 38.8 Å². The summed E-state index contributed by atoms with van der Waals surface area (Å²) in [5.41, 5.74) is 1.10. The number of likely N-dealkylation sites (tertiary alicyclic amines) is 1. The monoisotopic (exact) mass is 275 g/mol. The fraction of sp³-hybridized carbons (Fsp3) is 0.733. The molecule has 0 spiro atoms. The SMILES string of the molecule is N#Cc1sc(CCN2CCCCCC2)nc1C1CC1. The van der Waals surface area contributed by atoms with Gasteiger partial charge in [0.2, 0.25) is 0 Å². The van der Waals surface area contributed by atoms with Gasteiger partial charge in [0.25, 0.3) is 0 Å². The molecule has 0 aromatic carbocycles. The number of nitriles is 1. The van der Waals surface area contributed by atoms with Crippen molar-refractivity contribution in [2.24, 2.45) is 0 Å². The third-order valence-electron chi connectivity index (χ3n) is 4.10. The van der Waals surface area contributed by atoms with E-state index in [9.17, 15) is 5.26 Å². The molecule has 3 nitrogen and oxygen atoms in total. The van der Waals surface area contributed by atoms with Crippen LogP contribution in [-0.2, 0) is 6.42 Å². The summed E-state index contributed by atoms with van der Waals surface area (Å²) in [4.78, 5) is 8.16. The number of nitrogens with zero attached hydrogens (tertiary/aromatic N) is 3. The highest BCUT2D eigenvalue weighted by Gasteiger charge is 2.29. The van der Waals surface area contributed by atoms with E-state index in [0.717, 1.165) is 23.5 Å². The van der Waals surface area contributed by atoms with Gasteiger partial charge in [-0.2, -0.15) is 5.26 Å². The molecule has 1 aromatic heterocycles. The van der Waals surface area contributed by atoms with Gasteiger partial charge in [-0.15, -0.1) is 11.3 Å². The van der Waals surface area contributed by atoms with Gasteiger partial charge >= 0.3 is 0 Å². The van der Waals surface area contributed by atoms with E-state index >= 15 is 0 Å². The van der Waals surface area contributed by atoms with Crippen molar-refractivity contribution in [3.05, 3.63) is 15.6 Å². The van der Waals surface area contributed by atoms with E-state index < -0.39 is 0 Å². The second kappa shape index (κ2) is 6.02. The molecule has 1 aliphatic heterocycles. The van der Waals surface area contributed by atoms with Crippen molar-refractivity contribution in [3.8, 4) is 6.07 Å². The maximum Gasteiger partial charge on any atom is 0.128 e. The molecule has 1 saturated carbocycles. The molecule has 0 bridgehead atoms. The Kier molecular flexibility index (Phi) is 4.15. The summed E-state index contributed by atoms with van der Waals surface area (Å²) in [6.45, 7) is 3.60. The lowest BCUT2D eigenvalue weighted by molar-refractivity contribution is 0.288. The first-order chi connectivity index (χ1) is 9.36. The fourth-order valence-corrected chi connectivity index (χ4v) is 3.75. The summed E-state index contributed by atoms with van der Waals surface area (Å²) in [6, 6.07) is 2.33. The molecule has 2 fully saturated rings. The van der Waals surface area contributed by atoms with Crippen molar-refractivity contribution in [3.63, 3.8) is 0 Å². The molecular weight excluding hydrogens is 254 g/mol. The first kappa shape index (κ1) is 13.1. The van der Waals surface area contributed by atoms with Gasteiger partial charge < -0.3 is 4.90 Å². The molecule has 0 unspecified atom stereocenters. The van der Waals surface area contributed by atoms with Crippen molar-refractivity contribution in [1.82, 2.24) is 9.88 Å². The Labute approximate surface area is 119 Å². The molecule has 0 atom stereocenters. The predicted molar refractivity (Wildman–Crippen MR) is 77.4 cm³/mol. The Morgan fingerprint density at radius 2 is 1.95 bits per heavy atom. The van der Waals surface area contributed by atoms with Crippen LogP contribution in [-0.4, -0.2) is 29.5 Å². The zero-order chi connectivity index (χ0) is 13.1. The van der Waals surface area contributed by atoms with Crippen LogP contribution in [0.5, 0.6) is 0 Å². The van der Waals surface area contributed by atoms with Gasteiger partial charge in [-0.3, -0.25) is 0 Å². The lowest BCUT2D eigenvalue weighted by Gasteiger charge is -2.18. The van der Waals surface area contributed by atoms with Crippen molar-refractivity contribution in [2.45, 2.75) is 50.9 Å². The Morgan fingerprint density at radius 1 is 1.21 bits per heavy atom. The van der Waals surface area contributed by atoms with Crippen molar-refractivity contribution >= 4 is 11.3 Å². The quantitative estimate of drug-likeness (QED) is 0.846. The van der Waals surface area contributed by atoms with Gasteiger partial charge in [0.15, 0.2) is 0 Å². The van der Waals surface area contributed by atoms with E-state index in [2.05, 4.69) is 11.0 Å². The Morgan fingerprint density at radius 3 is 2.58 bits per heavy atom. The second-order valence-electron chi connectivity index (χ2n) is 5.71. The normalized spacial score (nSPS) is 21.0. The largest absolute Gasteiger partial charge is 0.303 e. The molecule has 3 rings (SSSR count). The lowest BCUT2D eigenvalue weighted by Crippen LogP contribution is -2.26. The number of rotatable bonds is 4. The number of hydrogen-bond donors (Lipinski definition) is 0. The van der Waals surface area contributed by atoms with Gasteiger partial charge in [0, 0.05) is 18.9 Å². The predicted octanol–water partition coefficient (Wildman–Crippen LogP) is 3.31. The number of thiazole rings is 1. The van der Waals surface area contributed by atoms with E-state index in [1.54, 1.807) is 11.3 Å². The molecule has 1 aliphatic carbocycles. The van der Waals surface area contributed by atoms with Gasteiger partial charge in [-0.1, -0.05) is 12.8 Å². The van der Waals surface area contributed by atoms with E-state index in [1.165, 1.54) is 56.6 Å². The summed E-state index contributed by atoms with van der Waals surface area (Å²) in [6.07, 6.45) is 8.93. The third kappa shape index (κ3) is 3.34. The molecule has 0 amide bonds. The van der Waals surface area contributed by atoms with Crippen molar-refractivity contribution in [2.75, 3.05) is 19.6 Å². The van der Waals surface area contributed by atoms with Crippen LogP contribution in [0.2, 0.25) is 0 Å². The molecule has 4 heteroatoms. The topological polar surface area (TPSA) is 39.9 Å². The first-order valence-electron chi connectivity index (χ1n) is 7.49. The van der Waals surface area contributed by atoms with Crippen LogP contribution in [0.15, 0.2) is 0 Å². The Bertz CT molecular complexity index is 462. The smallest absolute Gasteiger partial charge is 0.128 e. The Balaban J connectivity index is 1.58. The molecule has 2 aliphatic rings. The maximum absolute atomic E-state index is 9.17. The summed E-state index contributed by atoms with van der Waals surface area (Å²) in [7, 11) is 0. The minimum atomic E-state index is 0.595. The molecule has 102 valence electrons. The molecule has 1 saturated heterocycles. The highest BCUT2D eigenvalue weighted by atomic mass is 32.1. The minimum Gasteiger partial charge on any atom is -0.303 e. The third-order valence-corrected chi connectivity index (χ3v) is 5.14. The van der Waals surface area contributed by atoms with Crippen LogP contribution in [0, 0.1) is 11.3 Å². The van der Waals surface area contributed by atoms with Gasteiger partial charge in [-0.25, -0.2) is 4.98 Å². The number of aromatic nitrogens is 1. The molecule has 0 N–H and O–H groups in total. The first-order valence-corrected chi connectivity index (χ1v) is 8.30. The zero-order valence-electron chi connectivity index (χ0n) is 11.4. The van der Waals surface area contributed by atoms with Gasteiger partial charge in [0.05, 0.1) is 10.7 Å².